The summed E-state index contributed by atoms with van der Waals surface area (Å²) in [7, 11) is 0. The van der Waals surface area contributed by atoms with Gasteiger partial charge in [-0.3, -0.25) is 0 Å². The summed E-state index contributed by atoms with van der Waals surface area (Å²) in [5.74, 6) is 0.701. The molecule has 0 amide bonds. The molecule has 2 aromatic carbocycles. The highest BCUT2D eigenvalue weighted by Gasteiger charge is 2.11. The monoisotopic (exact) mass is 377 g/mol. The lowest BCUT2D eigenvalue weighted by Gasteiger charge is -2.07. The van der Waals surface area contributed by atoms with Gasteiger partial charge in [0.2, 0.25) is 11.7 Å². The van der Waals surface area contributed by atoms with Gasteiger partial charge in [0.05, 0.1) is 0 Å². The molecule has 0 atom stereocenters. The van der Waals surface area contributed by atoms with Crippen LogP contribution in [-0.4, -0.2) is 25.6 Å². The van der Waals surface area contributed by atoms with Crippen molar-refractivity contribution in [2.75, 3.05) is 5.32 Å². The molecular weight excluding hydrogens is 366 g/mol. The van der Waals surface area contributed by atoms with E-state index in [1.807, 2.05) is 31.2 Å². The first-order valence-corrected chi connectivity index (χ1v) is 8.29. The number of oxazole rings is 1. The van der Waals surface area contributed by atoms with Crippen molar-refractivity contribution in [2.24, 2.45) is 0 Å². The summed E-state index contributed by atoms with van der Waals surface area (Å²) in [5.41, 5.74) is 4.18. The molecule has 0 aliphatic rings. The number of hydrogen-bond donors (Lipinski definition) is 2. The highest BCUT2D eigenvalue weighted by molar-refractivity contribution is 6.31. The van der Waals surface area contributed by atoms with Crippen LogP contribution in [0.4, 0.5) is 5.69 Å². The average Bonchev–Trinajstić information content (AvgIpc) is 3.33. The van der Waals surface area contributed by atoms with E-state index < -0.39 is 0 Å². The largest absolute Gasteiger partial charge is 0.436 e. The summed E-state index contributed by atoms with van der Waals surface area (Å²) < 4.78 is 5.81. The molecular formula is C18H12ClN7O. The van der Waals surface area contributed by atoms with Gasteiger partial charge in [0.15, 0.2) is 5.58 Å². The van der Waals surface area contributed by atoms with Crippen molar-refractivity contribution in [1.82, 2.24) is 25.6 Å². The average molecular weight is 378 g/mol. The van der Waals surface area contributed by atoms with Gasteiger partial charge in [-0.05, 0) is 48.0 Å². The molecule has 0 spiro atoms. The van der Waals surface area contributed by atoms with Gasteiger partial charge in [-0.15, -0.1) is 10.2 Å². The lowest BCUT2D eigenvalue weighted by Crippen LogP contribution is -1.95. The number of tetrazole rings is 1. The van der Waals surface area contributed by atoms with Gasteiger partial charge in [0.1, 0.15) is 17.2 Å². The lowest BCUT2D eigenvalue weighted by atomic mass is 10.1. The van der Waals surface area contributed by atoms with Crippen LogP contribution >= 0.6 is 11.6 Å². The first-order valence-electron chi connectivity index (χ1n) is 7.92. The second-order valence-corrected chi connectivity index (χ2v) is 6.15. The summed E-state index contributed by atoms with van der Waals surface area (Å²) in [6, 6.07) is 13.1. The summed E-state index contributed by atoms with van der Waals surface area (Å²) in [5, 5.41) is 26.4. The van der Waals surface area contributed by atoms with Crippen molar-refractivity contribution in [3.8, 4) is 17.5 Å². The number of H-pyrrole nitrogens is 1. The van der Waals surface area contributed by atoms with Gasteiger partial charge in [0, 0.05) is 22.5 Å². The van der Waals surface area contributed by atoms with Crippen LogP contribution in [0.15, 0.2) is 47.0 Å². The van der Waals surface area contributed by atoms with Crippen molar-refractivity contribution in [1.29, 1.82) is 5.26 Å². The minimum atomic E-state index is 0.217. The first kappa shape index (κ1) is 16.8. The first-order chi connectivity index (χ1) is 13.1. The Labute approximate surface area is 158 Å². The molecule has 0 fully saturated rings. The van der Waals surface area contributed by atoms with E-state index in [0.717, 1.165) is 16.8 Å². The van der Waals surface area contributed by atoms with Crippen molar-refractivity contribution in [2.45, 2.75) is 6.92 Å². The Morgan fingerprint density at radius 2 is 2.19 bits per heavy atom. The van der Waals surface area contributed by atoms with Crippen molar-refractivity contribution in [3.63, 3.8) is 0 Å². The smallest absolute Gasteiger partial charge is 0.227 e. The molecule has 0 unspecified atom stereocenters. The topological polar surface area (TPSA) is 116 Å². The number of nitriles is 1. The minimum Gasteiger partial charge on any atom is -0.436 e. The summed E-state index contributed by atoms with van der Waals surface area (Å²) in [6.45, 7) is 1.95. The molecule has 0 saturated carbocycles. The fourth-order valence-corrected chi connectivity index (χ4v) is 2.67. The van der Waals surface area contributed by atoms with E-state index in [1.165, 1.54) is 6.20 Å². The molecule has 132 valence electrons. The van der Waals surface area contributed by atoms with E-state index in [9.17, 15) is 5.26 Å². The number of anilines is 1. The van der Waals surface area contributed by atoms with Crippen LogP contribution < -0.4 is 5.32 Å². The Morgan fingerprint density at radius 1 is 1.30 bits per heavy atom. The number of aromatic nitrogens is 5. The molecule has 4 rings (SSSR count). The molecule has 2 heterocycles. The maximum atomic E-state index is 9.27. The van der Waals surface area contributed by atoms with E-state index in [1.54, 1.807) is 18.2 Å². The van der Waals surface area contributed by atoms with E-state index in [2.05, 4.69) is 30.9 Å². The fraction of sp³-hybridized carbons (Fsp3) is 0.0556. The molecule has 9 heteroatoms. The number of aryl methyl sites for hydroxylation is 1. The molecule has 4 aromatic rings. The van der Waals surface area contributed by atoms with Crippen LogP contribution in [0.2, 0.25) is 5.02 Å². The fourth-order valence-electron chi connectivity index (χ4n) is 2.51. The van der Waals surface area contributed by atoms with Crippen molar-refractivity contribution >= 4 is 34.0 Å². The van der Waals surface area contributed by atoms with Crippen LogP contribution in [-0.2, 0) is 0 Å². The van der Waals surface area contributed by atoms with E-state index in [-0.39, 0.29) is 11.4 Å². The summed E-state index contributed by atoms with van der Waals surface area (Å²) in [6.07, 6.45) is 1.53. The third-order valence-electron chi connectivity index (χ3n) is 3.91. The number of nitrogens with zero attached hydrogens (tertiary/aromatic N) is 5. The van der Waals surface area contributed by atoms with Gasteiger partial charge in [-0.1, -0.05) is 17.7 Å². The lowest BCUT2D eigenvalue weighted by molar-refractivity contribution is 0.620. The molecule has 0 aliphatic carbocycles. The molecule has 0 radical (unpaired) electrons. The summed E-state index contributed by atoms with van der Waals surface area (Å²) >= 11 is 6.01. The highest BCUT2D eigenvalue weighted by Crippen LogP contribution is 2.29. The molecule has 2 aromatic heterocycles. The zero-order valence-corrected chi connectivity index (χ0v) is 14.8. The van der Waals surface area contributed by atoms with Crippen LogP contribution in [0.25, 0.3) is 28.1 Å². The molecule has 8 nitrogen and oxygen atoms in total. The van der Waals surface area contributed by atoms with Gasteiger partial charge in [0.25, 0.3) is 0 Å². The van der Waals surface area contributed by atoms with Crippen molar-refractivity contribution in [3.05, 3.63) is 59.0 Å². The van der Waals surface area contributed by atoms with E-state index in [0.29, 0.717) is 22.0 Å². The summed E-state index contributed by atoms with van der Waals surface area (Å²) in [4.78, 5) is 4.49. The van der Waals surface area contributed by atoms with Gasteiger partial charge >= 0.3 is 0 Å². The molecule has 0 aliphatic heterocycles. The van der Waals surface area contributed by atoms with Crippen LogP contribution in [0.5, 0.6) is 0 Å². The molecule has 27 heavy (non-hydrogen) atoms. The second kappa shape index (κ2) is 6.90. The Kier molecular flexibility index (Phi) is 4.28. The zero-order valence-electron chi connectivity index (χ0n) is 14.1. The Balaban J connectivity index is 1.67. The number of fused-ring (bicyclic) bond motifs is 1. The highest BCUT2D eigenvalue weighted by atomic mass is 35.5. The molecule has 0 saturated heterocycles. The third kappa shape index (κ3) is 3.36. The van der Waals surface area contributed by atoms with Gasteiger partial charge in [-0.2, -0.15) is 10.5 Å². The number of benzene rings is 2. The Bertz CT molecular complexity index is 1190. The quantitative estimate of drug-likeness (QED) is 0.517. The Hall–Kier alpha value is -3.70. The van der Waals surface area contributed by atoms with Gasteiger partial charge in [-0.25, -0.2) is 4.98 Å². The van der Waals surface area contributed by atoms with Crippen LogP contribution in [0, 0.1) is 18.3 Å². The van der Waals surface area contributed by atoms with E-state index >= 15 is 0 Å². The number of aromatic amines is 1. The second-order valence-electron chi connectivity index (χ2n) is 5.71. The number of allylic oxidation sites excluding steroid dienone is 1. The number of halogens is 1. The predicted molar refractivity (Wildman–Crippen MR) is 101 cm³/mol. The zero-order chi connectivity index (χ0) is 18.8. The van der Waals surface area contributed by atoms with E-state index in [4.69, 9.17) is 16.0 Å². The Morgan fingerprint density at radius 3 is 2.96 bits per heavy atom. The number of nitrogens with one attached hydrogen (secondary N) is 2. The normalized spacial score (nSPS) is 11.5. The standard InChI is InChI=1S/C18H12ClN7O/c1-10-2-3-11(18-22-15-7-13(19)4-5-16(15)27-18)6-14(10)21-9-12(8-20)17-23-25-26-24-17/h2-7,9,21H,1H3,(H,23,24,25,26). The predicted octanol–water partition coefficient (Wildman–Crippen LogP) is 3.95. The number of hydrogen-bond acceptors (Lipinski definition) is 7. The maximum absolute atomic E-state index is 9.27. The van der Waals surface area contributed by atoms with Crippen molar-refractivity contribution < 1.29 is 4.42 Å². The minimum absolute atomic E-state index is 0.217. The maximum Gasteiger partial charge on any atom is 0.227 e. The molecule has 2 N–H and O–H groups in total. The van der Waals surface area contributed by atoms with Gasteiger partial charge < -0.3 is 9.73 Å². The molecule has 0 bridgehead atoms. The SMILES string of the molecule is Cc1ccc(-c2nc3cc(Cl)ccc3o2)cc1NC=C(C#N)c1nn[nH]n1. The van der Waals surface area contributed by atoms with Crippen LogP contribution in [0.3, 0.4) is 0 Å². The van der Waals surface area contributed by atoms with Crippen LogP contribution in [0.1, 0.15) is 11.4 Å². The third-order valence-corrected chi connectivity index (χ3v) is 4.15. The number of rotatable bonds is 4.